The number of hydrogen-bond acceptors (Lipinski definition) is 4. The maximum Gasteiger partial charge on any atom is 0.312 e. The van der Waals surface area contributed by atoms with E-state index in [1.807, 2.05) is 0 Å². The number of carboxylic acid groups (broad SMARTS) is 1. The van der Waals surface area contributed by atoms with Crippen LogP contribution in [0.4, 0.5) is 0 Å². The standard InChI is InChI=1S/C10H13NO4/c1-10(4-3-5-11-10)7(6-8(12)13)9(14)15-2/h3-5,7H,6H2,1-2H3,(H,12,13). The van der Waals surface area contributed by atoms with Gasteiger partial charge in [-0.15, -0.1) is 0 Å². The molecule has 0 saturated heterocycles. The number of methoxy groups -OCH3 is 1. The van der Waals surface area contributed by atoms with Gasteiger partial charge in [-0.05, 0) is 13.0 Å². The molecule has 1 heterocycles. The molecule has 2 unspecified atom stereocenters. The number of hydrogen-bond donors (Lipinski definition) is 1. The van der Waals surface area contributed by atoms with E-state index in [9.17, 15) is 9.59 Å². The Balaban J connectivity index is 2.90. The van der Waals surface area contributed by atoms with Crippen molar-refractivity contribution in [1.29, 1.82) is 0 Å². The fraction of sp³-hybridized carbons (Fsp3) is 0.500. The molecule has 0 saturated carbocycles. The maximum absolute atomic E-state index is 11.4. The van der Waals surface area contributed by atoms with Gasteiger partial charge in [-0.2, -0.15) is 0 Å². The van der Waals surface area contributed by atoms with Gasteiger partial charge < -0.3 is 9.84 Å². The third-order valence-corrected chi connectivity index (χ3v) is 2.44. The van der Waals surface area contributed by atoms with Gasteiger partial charge in [0.15, 0.2) is 0 Å². The van der Waals surface area contributed by atoms with Crippen LogP contribution in [0.3, 0.4) is 0 Å². The molecular weight excluding hydrogens is 198 g/mol. The first kappa shape index (κ1) is 11.4. The van der Waals surface area contributed by atoms with Crippen molar-refractivity contribution in [2.75, 3.05) is 7.11 Å². The lowest BCUT2D eigenvalue weighted by molar-refractivity contribution is -0.152. The molecule has 0 bridgehead atoms. The molecule has 1 N–H and O–H groups in total. The quantitative estimate of drug-likeness (QED) is 0.692. The van der Waals surface area contributed by atoms with Crippen LogP contribution in [0.15, 0.2) is 17.1 Å². The number of ether oxygens (including phenoxy) is 1. The molecule has 5 nitrogen and oxygen atoms in total. The number of aliphatic carboxylic acids is 1. The van der Waals surface area contributed by atoms with Crippen LogP contribution in [0.1, 0.15) is 13.3 Å². The Kier molecular flexibility index (Phi) is 3.24. The van der Waals surface area contributed by atoms with Crippen LogP contribution >= 0.6 is 0 Å². The van der Waals surface area contributed by atoms with Crippen LogP contribution < -0.4 is 0 Å². The van der Waals surface area contributed by atoms with Crippen molar-refractivity contribution in [2.45, 2.75) is 18.9 Å². The van der Waals surface area contributed by atoms with E-state index in [2.05, 4.69) is 9.73 Å². The number of esters is 1. The first-order chi connectivity index (χ1) is 6.99. The van der Waals surface area contributed by atoms with Gasteiger partial charge in [0.25, 0.3) is 0 Å². The molecule has 0 aromatic carbocycles. The number of carboxylic acids is 1. The Hall–Kier alpha value is -1.65. The largest absolute Gasteiger partial charge is 0.481 e. The van der Waals surface area contributed by atoms with Crippen LogP contribution in [0, 0.1) is 5.92 Å². The highest BCUT2D eigenvalue weighted by Crippen LogP contribution is 2.29. The lowest BCUT2D eigenvalue weighted by Gasteiger charge is -2.26. The number of aliphatic imine (C=N–C) groups is 1. The van der Waals surface area contributed by atoms with Crippen molar-refractivity contribution in [3.05, 3.63) is 12.2 Å². The van der Waals surface area contributed by atoms with Crippen molar-refractivity contribution in [1.82, 2.24) is 0 Å². The summed E-state index contributed by atoms with van der Waals surface area (Å²) in [7, 11) is 1.24. The van der Waals surface area contributed by atoms with Crippen molar-refractivity contribution in [3.8, 4) is 0 Å². The van der Waals surface area contributed by atoms with E-state index in [-0.39, 0.29) is 6.42 Å². The summed E-state index contributed by atoms with van der Waals surface area (Å²) in [5.74, 6) is -2.37. The number of carbonyl (C=O) groups excluding carboxylic acids is 1. The van der Waals surface area contributed by atoms with Crippen molar-refractivity contribution < 1.29 is 19.4 Å². The summed E-state index contributed by atoms with van der Waals surface area (Å²) in [5, 5.41) is 8.72. The second-order valence-electron chi connectivity index (χ2n) is 3.54. The highest BCUT2D eigenvalue weighted by atomic mass is 16.5. The molecule has 1 aliphatic heterocycles. The van der Waals surface area contributed by atoms with Gasteiger partial charge >= 0.3 is 11.9 Å². The first-order valence-corrected chi connectivity index (χ1v) is 4.52. The minimum atomic E-state index is -1.04. The van der Waals surface area contributed by atoms with Gasteiger partial charge in [0, 0.05) is 6.21 Å². The number of allylic oxidation sites excluding steroid dienone is 1. The number of nitrogens with zero attached hydrogens (tertiary/aromatic N) is 1. The van der Waals surface area contributed by atoms with Crippen LogP contribution in [0.5, 0.6) is 0 Å². The van der Waals surface area contributed by atoms with E-state index in [0.29, 0.717) is 0 Å². The Morgan fingerprint density at radius 3 is 2.67 bits per heavy atom. The molecule has 82 valence electrons. The fourth-order valence-corrected chi connectivity index (χ4v) is 1.54. The fourth-order valence-electron chi connectivity index (χ4n) is 1.54. The summed E-state index contributed by atoms with van der Waals surface area (Å²) in [6.07, 6.45) is 4.66. The van der Waals surface area contributed by atoms with Crippen LogP contribution in [0.25, 0.3) is 0 Å². The molecule has 1 rings (SSSR count). The third-order valence-electron chi connectivity index (χ3n) is 2.44. The molecule has 0 radical (unpaired) electrons. The van der Waals surface area contributed by atoms with E-state index in [1.165, 1.54) is 7.11 Å². The Labute approximate surface area is 87.5 Å². The maximum atomic E-state index is 11.4. The molecule has 2 atom stereocenters. The Morgan fingerprint density at radius 2 is 2.27 bits per heavy atom. The van der Waals surface area contributed by atoms with E-state index < -0.39 is 23.4 Å². The number of rotatable bonds is 4. The summed E-state index contributed by atoms with van der Waals surface area (Å²) < 4.78 is 4.58. The SMILES string of the molecule is COC(=O)C(CC(=O)O)C1(C)C=CC=N1. The zero-order valence-corrected chi connectivity index (χ0v) is 8.64. The van der Waals surface area contributed by atoms with Gasteiger partial charge in [0.1, 0.15) is 0 Å². The van der Waals surface area contributed by atoms with Gasteiger partial charge in [-0.1, -0.05) is 6.08 Å². The normalized spacial score (nSPS) is 25.2. The molecule has 0 aromatic rings. The lowest BCUT2D eigenvalue weighted by atomic mass is 9.84. The van der Waals surface area contributed by atoms with Crippen LogP contribution in [-0.2, 0) is 14.3 Å². The molecule has 0 spiro atoms. The smallest absolute Gasteiger partial charge is 0.312 e. The average Bonchev–Trinajstić information content (AvgIpc) is 2.61. The highest BCUT2D eigenvalue weighted by Gasteiger charge is 2.40. The first-order valence-electron chi connectivity index (χ1n) is 4.52. The summed E-state index contributed by atoms with van der Waals surface area (Å²) >= 11 is 0. The Bertz CT molecular complexity index is 320. The summed E-state index contributed by atoms with van der Waals surface area (Å²) in [6, 6.07) is 0. The monoisotopic (exact) mass is 211 g/mol. The molecule has 15 heavy (non-hydrogen) atoms. The highest BCUT2D eigenvalue weighted by molar-refractivity contribution is 5.83. The molecule has 0 aliphatic carbocycles. The summed E-state index contributed by atoms with van der Waals surface area (Å²) in [6.45, 7) is 1.71. The van der Waals surface area contributed by atoms with Gasteiger partial charge in [-0.3, -0.25) is 14.6 Å². The van der Waals surface area contributed by atoms with E-state index >= 15 is 0 Å². The topological polar surface area (TPSA) is 76.0 Å². The summed E-state index contributed by atoms with van der Waals surface area (Å²) in [5.41, 5.74) is -0.800. The lowest BCUT2D eigenvalue weighted by Crippen LogP contribution is -2.37. The second-order valence-corrected chi connectivity index (χ2v) is 3.54. The molecule has 5 heteroatoms. The van der Waals surface area contributed by atoms with Crippen molar-refractivity contribution in [2.24, 2.45) is 10.9 Å². The molecule has 0 amide bonds. The van der Waals surface area contributed by atoms with Gasteiger partial charge in [0.05, 0.1) is 25.0 Å². The summed E-state index contributed by atoms with van der Waals surface area (Å²) in [4.78, 5) is 26.2. The van der Waals surface area contributed by atoms with Crippen LogP contribution in [0.2, 0.25) is 0 Å². The number of carbonyl (C=O) groups is 2. The minimum Gasteiger partial charge on any atom is -0.481 e. The third kappa shape index (κ3) is 2.43. The second kappa shape index (κ2) is 4.25. The average molecular weight is 211 g/mol. The zero-order chi connectivity index (χ0) is 11.5. The van der Waals surface area contributed by atoms with Crippen molar-refractivity contribution >= 4 is 18.2 Å². The van der Waals surface area contributed by atoms with E-state index in [0.717, 1.165) is 0 Å². The van der Waals surface area contributed by atoms with E-state index in [1.54, 1.807) is 25.3 Å². The minimum absolute atomic E-state index is 0.287. The molecule has 1 aliphatic rings. The van der Waals surface area contributed by atoms with Crippen molar-refractivity contribution in [3.63, 3.8) is 0 Å². The van der Waals surface area contributed by atoms with Gasteiger partial charge in [0.2, 0.25) is 0 Å². The predicted octanol–water partition coefficient (Wildman–Crippen LogP) is 0.650. The molecular formula is C10H13NO4. The van der Waals surface area contributed by atoms with Gasteiger partial charge in [-0.25, -0.2) is 0 Å². The molecule has 0 aromatic heterocycles. The molecule has 0 fully saturated rings. The predicted molar refractivity (Wildman–Crippen MR) is 53.8 cm³/mol. The zero-order valence-electron chi connectivity index (χ0n) is 8.64. The van der Waals surface area contributed by atoms with Crippen LogP contribution in [-0.4, -0.2) is 35.9 Å². The Morgan fingerprint density at radius 1 is 1.60 bits per heavy atom. The van der Waals surface area contributed by atoms with E-state index in [4.69, 9.17) is 5.11 Å².